The number of carbonyl (C=O) groups is 2. The van der Waals surface area contributed by atoms with Crippen molar-refractivity contribution in [3.8, 4) is 5.75 Å². The summed E-state index contributed by atoms with van der Waals surface area (Å²) in [6.45, 7) is -0.965. The van der Waals surface area contributed by atoms with E-state index >= 15 is 0 Å². The van der Waals surface area contributed by atoms with Crippen molar-refractivity contribution in [2.45, 2.75) is 38.8 Å². The van der Waals surface area contributed by atoms with Gasteiger partial charge in [0.05, 0.1) is 17.0 Å². The molecule has 1 aromatic heterocycles. The van der Waals surface area contributed by atoms with Crippen LogP contribution in [0.4, 0.5) is 20.2 Å². The number of amides is 1. The van der Waals surface area contributed by atoms with Gasteiger partial charge in [-0.2, -0.15) is 8.78 Å². The number of hydrogen-bond donors (Lipinski definition) is 2. The summed E-state index contributed by atoms with van der Waals surface area (Å²) in [5.41, 5.74) is 2.19. The van der Waals surface area contributed by atoms with Gasteiger partial charge in [0.25, 0.3) is 0 Å². The summed E-state index contributed by atoms with van der Waals surface area (Å²) in [5.74, 6) is -0.170. The highest BCUT2D eigenvalue weighted by Gasteiger charge is 2.51. The molecule has 1 aliphatic rings. The highest BCUT2D eigenvalue weighted by Crippen LogP contribution is 2.50. The molecule has 0 spiro atoms. The monoisotopic (exact) mass is 466 g/mol. The van der Waals surface area contributed by atoms with Crippen LogP contribution in [0.2, 0.25) is 0 Å². The van der Waals surface area contributed by atoms with Gasteiger partial charge >= 0.3 is 6.61 Å². The second-order valence-corrected chi connectivity index (χ2v) is 8.35. The largest absolute Gasteiger partial charge is 0.435 e. The summed E-state index contributed by atoms with van der Waals surface area (Å²) in [7, 11) is 0. The van der Waals surface area contributed by atoms with E-state index in [-0.39, 0.29) is 29.9 Å². The van der Waals surface area contributed by atoms with E-state index in [2.05, 4.69) is 25.3 Å². The summed E-state index contributed by atoms with van der Waals surface area (Å²) in [6, 6.07) is 13.5. The second kappa shape index (κ2) is 9.94. The Hall–Kier alpha value is -3.88. The number of hydrogen-bond acceptors (Lipinski definition) is 6. The fraction of sp³-hybridized carbons (Fsp3) is 0.280. The molecule has 2 aromatic carbocycles. The second-order valence-electron chi connectivity index (χ2n) is 8.35. The quantitative estimate of drug-likeness (QED) is 0.406. The van der Waals surface area contributed by atoms with Crippen molar-refractivity contribution in [2.75, 3.05) is 5.32 Å². The predicted molar refractivity (Wildman–Crippen MR) is 122 cm³/mol. The van der Waals surface area contributed by atoms with E-state index in [1.165, 1.54) is 30.9 Å². The normalized spacial score (nSPS) is 14.8. The zero-order chi connectivity index (χ0) is 24.1. The van der Waals surface area contributed by atoms with Crippen molar-refractivity contribution in [2.24, 2.45) is 5.41 Å². The lowest BCUT2D eigenvalue weighted by atomic mass is 9.95. The van der Waals surface area contributed by atoms with Crippen LogP contribution in [-0.2, 0) is 4.79 Å². The lowest BCUT2D eigenvalue weighted by molar-refractivity contribution is -0.127. The molecule has 0 saturated heterocycles. The van der Waals surface area contributed by atoms with Gasteiger partial charge < -0.3 is 15.4 Å². The van der Waals surface area contributed by atoms with Crippen molar-refractivity contribution in [1.82, 2.24) is 15.3 Å². The van der Waals surface area contributed by atoms with E-state index in [4.69, 9.17) is 0 Å². The topological polar surface area (TPSA) is 93.2 Å². The summed E-state index contributed by atoms with van der Waals surface area (Å²) in [5, 5.41) is 6.21. The van der Waals surface area contributed by atoms with Gasteiger partial charge in [-0.3, -0.25) is 9.59 Å². The Labute approximate surface area is 195 Å². The van der Waals surface area contributed by atoms with Crippen molar-refractivity contribution < 1.29 is 23.1 Å². The smallest absolute Gasteiger partial charge is 0.387 e. The molecule has 1 aliphatic carbocycles. The van der Waals surface area contributed by atoms with Crippen LogP contribution in [0.1, 0.15) is 48.1 Å². The maximum atomic E-state index is 12.9. The van der Waals surface area contributed by atoms with Crippen LogP contribution in [-0.4, -0.2) is 28.3 Å². The number of halogens is 2. The zero-order valence-corrected chi connectivity index (χ0v) is 18.5. The van der Waals surface area contributed by atoms with Gasteiger partial charge in [0.15, 0.2) is 5.78 Å². The molecule has 0 bridgehead atoms. The molecule has 3 aromatic rings. The molecule has 1 saturated carbocycles. The first-order chi connectivity index (χ1) is 16.3. The Balaban J connectivity index is 1.32. The molecule has 1 amide bonds. The molecule has 1 unspecified atom stereocenters. The minimum Gasteiger partial charge on any atom is -0.435 e. The number of alkyl halides is 2. The average molecular weight is 466 g/mol. The van der Waals surface area contributed by atoms with Gasteiger partial charge in [-0.05, 0) is 61.7 Å². The number of rotatable bonds is 10. The van der Waals surface area contributed by atoms with Crippen LogP contribution >= 0.6 is 0 Å². The first kappa shape index (κ1) is 23.3. The number of nitrogens with zero attached hydrogens (tertiary/aromatic N) is 2. The molecule has 1 fully saturated rings. The van der Waals surface area contributed by atoms with Gasteiger partial charge in [-0.25, -0.2) is 9.97 Å². The van der Waals surface area contributed by atoms with E-state index in [1.807, 2.05) is 31.2 Å². The first-order valence-electron chi connectivity index (χ1n) is 10.9. The van der Waals surface area contributed by atoms with Gasteiger partial charge in [0.1, 0.15) is 12.1 Å². The number of nitrogens with one attached hydrogen (secondary N) is 2. The molecule has 1 heterocycles. The Morgan fingerprint density at radius 3 is 2.15 bits per heavy atom. The Morgan fingerprint density at radius 2 is 1.59 bits per heavy atom. The Kier molecular flexibility index (Phi) is 6.81. The SMILES string of the molecule is CC(NC(=O)C1(CC(=O)c2cncnc2)CC1)c1ccc(Nc2ccc(OC(F)F)cc2)cc1. The van der Waals surface area contributed by atoms with E-state index < -0.39 is 12.0 Å². The highest BCUT2D eigenvalue weighted by atomic mass is 19.3. The van der Waals surface area contributed by atoms with Gasteiger partial charge in [0, 0.05) is 30.2 Å². The van der Waals surface area contributed by atoms with Crippen molar-refractivity contribution in [3.05, 3.63) is 78.4 Å². The zero-order valence-electron chi connectivity index (χ0n) is 18.5. The molecule has 7 nitrogen and oxygen atoms in total. The van der Waals surface area contributed by atoms with Crippen LogP contribution in [0.5, 0.6) is 5.75 Å². The minimum atomic E-state index is -2.86. The number of Topliss-reactive ketones (excluding diaryl/α,β-unsaturated/α-hetero) is 1. The lowest BCUT2D eigenvalue weighted by Gasteiger charge is -2.20. The number of benzene rings is 2. The number of carbonyl (C=O) groups excluding carboxylic acids is 2. The molecule has 4 rings (SSSR count). The summed E-state index contributed by atoms with van der Waals surface area (Å²) < 4.78 is 28.9. The molecule has 0 radical (unpaired) electrons. The first-order valence-corrected chi connectivity index (χ1v) is 10.9. The summed E-state index contributed by atoms with van der Waals surface area (Å²) >= 11 is 0. The maximum absolute atomic E-state index is 12.9. The third-order valence-electron chi connectivity index (χ3n) is 5.84. The number of aromatic nitrogens is 2. The average Bonchev–Trinajstić information content (AvgIpc) is 3.62. The van der Waals surface area contributed by atoms with Crippen LogP contribution in [0, 0.1) is 5.41 Å². The van der Waals surface area contributed by atoms with Crippen molar-refractivity contribution in [3.63, 3.8) is 0 Å². The highest BCUT2D eigenvalue weighted by molar-refractivity contribution is 6.00. The van der Waals surface area contributed by atoms with E-state index in [0.29, 0.717) is 18.4 Å². The number of ketones is 1. The van der Waals surface area contributed by atoms with Gasteiger partial charge in [0.2, 0.25) is 5.91 Å². The summed E-state index contributed by atoms with van der Waals surface area (Å²) in [4.78, 5) is 33.2. The summed E-state index contributed by atoms with van der Waals surface area (Å²) in [6.07, 6.45) is 5.79. The van der Waals surface area contributed by atoms with Crippen molar-refractivity contribution >= 4 is 23.1 Å². The molecule has 0 aliphatic heterocycles. The van der Waals surface area contributed by atoms with Crippen LogP contribution < -0.4 is 15.4 Å². The van der Waals surface area contributed by atoms with E-state index in [0.717, 1.165) is 16.9 Å². The predicted octanol–water partition coefficient (Wildman–Crippen LogP) is 5.05. The molecular weight excluding hydrogens is 442 g/mol. The molecule has 176 valence electrons. The maximum Gasteiger partial charge on any atom is 0.387 e. The van der Waals surface area contributed by atoms with Crippen LogP contribution in [0.25, 0.3) is 0 Å². The molecular formula is C25H24F2N4O3. The lowest BCUT2D eigenvalue weighted by Crippen LogP contribution is -2.35. The van der Waals surface area contributed by atoms with E-state index in [1.54, 1.807) is 12.1 Å². The Bertz CT molecular complexity index is 1140. The third-order valence-corrected chi connectivity index (χ3v) is 5.84. The van der Waals surface area contributed by atoms with Crippen molar-refractivity contribution in [1.29, 1.82) is 0 Å². The molecule has 9 heteroatoms. The molecule has 2 N–H and O–H groups in total. The standard InChI is InChI=1S/C25H24F2N4O3/c1-16(30-23(33)25(10-11-25)12-22(32)18-13-28-15-29-14-18)17-2-4-19(5-3-17)31-20-6-8-21(9-7-20)34-24(26)27/h2-9,13-16,24,31H,10-12H2,1H3,(H,30,33). The van der Waals surface area contributed by atoms with Crippen LogP contribution in [0.3, 0.4) is 0 Å². The van der Waals surface area contributed by atoms with Gasteiger partial charge in [-0.1, -0.05) is 12.1 Å². The molecule has 34 heavy (non-hydrogen) atoms. The molecule has 1 atom stereocenters. The Morgan fingerprint density at radius 1 is 1.00 bits per heavy atom. The van der Waals surface area contributed by atoms with E-state index in [9.17, 15) is 18.4 Å². The number of anilines is 2. The van der Waals surface area contributed by atoms with Crippen LogP contribution in [0.15, 0.2) is 67.3 Å². The minimum absolute atomic E-state index is 0.0905. The third kappa shape index (κ3) is 5.72. The fourth-order valence-corrected chi connectivity index (χ4v) is 3.66. The fourth-order valence-electron chi connectivity index (χ4n) is 3.66. The number of ether oxygens (including phenoxy) is 1. The van der Waals surface area contributed by atoms with Gasteiger partial charge in [-0.15, -0.1) is 0 Å².